The van der Waals surface area contributed by atoms with E-state index in [9.17, 15) is 18.3 Å². The van der Waals surface area contributed by atoms with E-state index in [1.807, 2.05) is 0 Å². The number of halogens is 4. The second-order valence-electron chi connectivity index (χ2n) is 4.30. The standard InChI is InChI=1S/C12H14F3NO.ClH/c13-12(14,15)10-7-9(1-2-11(10)17)8-3-5-16-6-4-8;/h1-2,7-8,16-17H,3-6H2;1H. The van der Waals surface area contributed by atoms with Gasteiger partial charge in [0.05, 0.1) is 5.56 Å². The molecule has 0 aromatic heterocycles. The van der Waals surface area contributed by atoms with Gasteiger partial charge in [0.1, 0.15) is 5.75 Å². The SMILES string of the molecule is Cl.Oc1ccc(C2CCNCC2)cc1C(F)(F)F. The topological polar surface area (TPSA) is 32.3 Å². The Hall–Kier alpha value is -0.940. The van der Waals surface area contributed by atoms with Gasteiger partial charge in [0.2, 0.25) is 0 Å². The molecule has 1 aromatic rings. The quantitative estimate of drug-likeness (QED) is 0.828. The molecule has 0 atom stereocenters. The van der Waals surface area contributed by atoms with E-state index in [2.05, 4.69) is 5.32 Å². The van der Waals surface area contributed by atoms with Gasteiger partial charge in [-0.05, 0) is 49.5 Å². The number of benzene rings is 1. The molecule has 0 unspecified atom stereocenters. The van der Waals surface area contributed by atoms with Gasteiger partial charge in [0.15, 0.2) is 0 Å². The van der Waals surface area contributed by atoms with Gasteiger partial charge in [-0.2, -0.15) is 13.2 Å². The molecule has 0 spiro atoms. The van der Waals surface area contributed by atoms with Crippen LogP contribution in [0.25, 0.3) is 0 Å². The molecule has 0 bridgehead atoms. The highest BCUT2D eigenvalue weighted by molar-refractivity contribution is 5.85. The number of hydrogen-bond acceptors (Lipinski definition) is 2. The number of hydrogen-bond donors (Lipinski definition) is 2. The third kappa shape index (κ3) is 3.29. The molecular formula is C12H15ClF3NO. The molecule has 1 fully saturated rings. The fraction of sp³-hybridized carbons (Fsp3) is 0.500. The van der Waals surface area contributed by atoms with Crippen molar-refractivity contribution in [2.24, 2.45) is 0 Å². The second kappa shape index (κ2) is 5.80. The second-order valence-corrected chi connectivity index (χ2v) is 4.30. The first-order valence-electron chi connectivity index (χ1n) is 5.59. The first kappa shape index (κ1) is 15.1. The Morgan fingerprint density at radius 1 is 1.17 bits per heavy atom. The van der Waals surface area contributed by atoms with E-state index in [-0.39, 0.29) is 18.3 Å². The Labute approximate surface area is 110 Å². The Balaban J connectivity index is 0.00000162. The van der Waals surface area contributed by atoms with E-state index in [1.165, 1.54) is 0 Å². The average Bonchev–Trinajstić information content (AvgIpc) is 2.29. The molecule has 0 saturated carbocycles. The molecular weight excluding hydrogens is 267 g/mol. The lowest BCUT2D eigenvalue weighted by Gasteiger charge is -2.23. The van der Waals surface area contributed by atoms with Crippen LogP contribution in [0.4, 0.5) is 13.2 Å². The van der Waals surface area contributed by atoms with E-state index in [1.54, 1.807) is 6.07 Å². The van der Waals surface area contributed by atoms with Crippen molar-refractivity contribution >= 4 is 12.4 Å². The van der Waals surface area contributed by atoms with E-state index in [0.717, 1.165) is 38.1 Å². The number of piperidine rings is 1. The van der Waals surface area contributed by atoms with Gasteiger partial charge in [-0.25, -0.2) is 0 Å². The normalized spacial score (nSPS) is 17.3. The summed E-state index contributed by atoms with van der Waals surface area (Å²) < 4.78 is 37.9. The Bertz CT molecular complexity index is 403. The van der Waals surface area contributed by atoms with Crippen molar-refractivity contribution in [2.75, 3.05) is 13.1 Å². The Kier molecular flexibility index (Phi) is 4.87. The molecule has 102 valence electrons. The summed E-state index contributed by atoms with van der Waals surface area (Å²) >= 11 is 0. The molecule has 0 radical (unpaired) electrons. The minimum Gasteiger partial charge on any atom is -0.507 e. The number of rotatable bonds is 1. The van der Waals surface area contributed by atoms with Gasteiger partial charge in [0.25, 0.3) is 0 Å². The predicted molar refractivity (Wildman–Crippen MR) is 65.2 cm³/mol. The summed E-state index contributed by atoms with van der Waals surface area (Å²) in [5, 5.41) is 12.4. The highest BCUT2D eigenvalue weighted by Gasteiger charge is 2.34. The smallest absolute Gasteiger partial charge is 0.419 e. The molecule has 2 nitrogen and oxygen atoms in total. The molecule has 18 heavy (non-hydrogen) atoms. The zero-order valence-corrected chi connectivity index (χ0v) is 10.4. The van der Waals surface area contributed by atoms with Crippen LogP contribution in [0.1, 0.15) is 29.9 Å². The number of phenolic OH excluding ortho intramolecular Hbond substituents is 1. The fourth-order valence-electron chi connectivity index (χ4n) is 2.19. The van der Waals surface area contributed by atoms with Crippen LogP contribution in [-0.2, 0) is 6.18 Å². The van der Waals surface area contributed by atoms with Crippen LogP contribution in [-0.4, -0.2) is 18.2 Å². The van der Waals surface area contributed by atoms with Gasteiger partial charge in [-0.1, -0.05) is 6.07 Å². The molecule has 1 aromatic carbocycles. The summed E-state index contributed by atoms with van der Waals surface area (Å²) in [4.78, 5) is 0. The molecule has 6 heteroatoms. The van der Waals surface area contributed by atoms with Crippen molar-refractivity contribution in [1.82, 2.24) is 5.32 Å². The van der Waals surface area contributed by atoms with Crippen LogP contribution in [0.15, 0.2) is 18.2 Å². The average molecular weight is 282 g/mol. The first-order valence-corrected chi connectivity index (χ1v) is 5.59. The van der Waals surface area contributed by atoms with E-state index < -0.39 is 17.5 Å². The maximum Gasteiger partial charge on any atom is 0.419 e. The molecule has 2 rings (SSSR count). The zero-order valence-electron chi connectivity index (χ0n) is 9.63. The number of nitrogens with one attached hydrogen (secondary N) is 1. The summed E-state index contributed by atoms with van der Waals surface area (Å²) in [5.41, 5.74) is -0.273. The van der Waals surface area contributed by atoms with Crippen LogP contribution < -0.4 is 5.32 Å². The van der Waals surface area contributed by atoms with Gasteiger partial charge in [-0.15, -0.1) is 12.4 Å². The number of alkyl halides is 3. The largest absolute Gasteiger partial charge is 0.507 e. The molecule has 2 N–H and O–H groups in total. The van der Waals surface area contributed by atoms with E-state index in [4.69, 9.17) is 0 Å². The summed E-state index contributed by atoms with van der Waals surface area (Å²) in [6.07, 6.45) is -2.82. The molecule has 0 amide bonds. The van der Waals surface area contributed by atoms with Gasteiger partial charge in [-0.3, -0.25) is 0 Å². The minimum absolute atomic E-state index is 0. The van der Waals surface area contributed by atoms with Crippen LogP contribution in [0.5, 0.6) is 5.75 Å². The van der Waals surface area contributed by atoms with Crippen molar-refractivity contribution in [1.29, 1.82) is 0 Å². The van der Waals surface area contributed by atoms with Gasteiger partial charge < -0.3 is 10.4 Å². The Morgan fingerprint density at radius 3 is 2.33 bits per heavy atom. The van der Waals surface area contributed by atoms with E-state index >= 15 is 0 Å². The minimum atomic E-state index is -4.49. The zero-order chi connectivity index (χ0) is 12.5. The lowest BCUT2D eigenvalue weighted by Crippen LogP contribution is -2.26. The van der Waals surface area contributed by atoms with Crippen LogP contribution in [0, 0.1) is 0 Å². The predicted octanol–water partition coefficient (Wildman–Crippen LogP) is 3.30. The van der Waals surface area contributed by atoms with E-state index in [0.29, 0.717) is 5.56 Å². The first-order chi connectivity index (χ1) is 7.98. The molecule has 1 aliphatic heterocycles. The molecule has 1 heterocycles. The fourth-order valence-corrected chi connectivity index (χ4v) is 2.19. The van der Waals surface area contributed by atoms with Crippen molar-refractivity contribution in [3.05, 3.63) is 29.3 Å². The highest BCUT2D eigenvalue weighted by Crippen LogP contribution is 2.38. The molecule has 1 saturated heterocycles. The van der Waals surface area contributed by atoms with Crippen LogP contribution in [0.3, 0.4) is 0 Å². The Morgan fingerprint density at radius 2 is 1.78 bits per heavy atom. The van der Waals surface area contributed by atoms with Crippen LogP contribution >= 0.6 is 12.4 Å². The van der Waals surface area contributed by atoms with Crippen molar-refractivity contribution < 1.29 is 18.3 Å². The summed E-state index contributed by atoms with van der Waals surface area (Å²) in [6, 6.07) is 3.80. The third-order valence-corrected chi connectivity index (χ3v) is 3.14. The highest BCUT2D eigenvalue weighted by atomic mass is 35.5. The maximum atomic E-state index is 12.6. The summed E-state index contributed by atoms with van der Waals surface area (Å²) in [7, 11) is 0. The van der Waals surface area contributed by atoms with Crippen molar-refractivity contribution in [3.63, 3.8) is 0 Å². The summed E-state index contributed by atoms with van der Waals surface area (Å²) in [6.45, 7) is 1.65. The number of aromatic hydroxyl groups is 1. The molecule has 0 aliphatic carbocycles. The molecule has 1 aliphatic rings. The van der Waals surface area contributed by atoms with Crippen molar-refractivity contribution in [2.45, 2.75) is 24.9 Å². The summed E-state index contributed by atoms with van der Waals surface area (Å²) in [5.74, 6) is -0.548. The lowest BCUT2D eigenvalue weighted by atomic mass is 9.89. The van der Waals surface area contributed by atoms with Gasteiger partial charge in [0, 0.05) is 0 Å². The number of phenols is 1. The third-order valence-electron chi connectivity index (χ3n) is 3.14. The van der Waals surface area contributed by atoms with Crippen molar-refractivity contribution in [3.8, 4) is 5.75 Å². The monoisotopic (exact) mass is 281 g/mol. The maximum absolute atomic E-state index is 12.6. The van der Waals surface area contributed by atoms with Gasteiger partial charge >= 0.3 is 6.18 Å². The lowest BCUT2D eigenvalue weighted by molar-refractivity contribution is -0.138. The van der Waals surface area contributed by atoms with Crippen LogP contribution in [0.2, 0.25) is 0 Å².